The Kier molecular flexibility index (Phi) is 6.48. The third kappa shape index (κ3) is 4.78. The van der Waals surface area contributed by atoms with E-state index in [1.165, 1.54) is 10.4 Å². The van der Waals surface area contributed by atoms with Gasteiger partial charge in [-0.2, -0.15) is 4.31 Å². The van der Waals surface area contributed by atoms with Crippen molar-refractivity contribution >= 4 is 38.9 Å². The second kappa shape index (κ2) is 8.85. The Hall–Kier alpha value is -2.23. The van der Waals surface area contributed by atoms with E-state index < -0.39 is 15.9 Å². The molecule has 0 saturated carbocycles. The van der Waals surface area contributed by atoms with Crippen molar-refractivity contribution in [2.24, 2.45) is 0 Å². The van der Waals surface area contributed by atoms with Gasteiger partial charge in [0.05, 0.1) is 0 Å². The van der Waals surface area contributed by atoms with Gasteiger partial charge in [-0.05, 0) is 48.9 Å². The van der Waals surface area contributed by atoms with Crippen LogP contribution in [-0.4, -0.2) is 44.2 Å². The quantitative estimate of drug-likeness (QED) is 0.718. The van der Waals surface area contributed by atoms with E-state index in [0.29, 0.717) is 18.8 Å². The van der Waals surface area contributed by atoms with Gasteiger partial charge in [0.2, 0.25) is 15.9 Å². The van der Waals surface area contributed by atoms with E-state index in [4.69, 9.17) is 0 Å². The first kappa shape index (κ1) is 20.5. The third-order valence-electron chi connectivity index (χ3n) is 4.46. The molecule has 1 aliphatic heterocycles. The zero-order chi connectivity index (χ0) is 20.1. The number of nitrogens with zero attached hydrogens (tertiary/aromatic N) is 1. The lowest BCUT2D eigenvalue weighted by molar-refractivity contribution is -0.116. The number of benzene rings is 1. The number of hydrogen-bond donors (Lipinski definition) is 2. The highest BCUT2D eigenvalue weighted by Gasteiger charge is 2.31. The summed E-state index contributed by atoms with van der Waals surface area (Å²) in [6.45, 7) is 3.03. The summed E-state index contributed by atoms with van der Waals surface area (Å²) in [6, 6.07) is 8.91. The van der Waals surface area contributed by atoms with Crippen LogP contribution < -0.4 is 10.6 Å². The predicted octanol–water partition coefficient (Wildman–Crippen LogP) is 2.60. The standard InChI is InChI=1S/C19H23N3O4S2/c1-14-5-4-6-15(13-14)21-17(23)7-9-20-19(24)18-16(8-12-27-18)28(25,26)22-10-2-3-11-22/h4-6,8,12-13H,2-3,7,9-11H2,1H3,(H,20,24)(H,21,23). The number of aryl methyl sites for hydroxylation is 1. The first-order valence-electron chi connectivity index (χ1n) is 9.10. The van der Waals surface area contributed by atoms with Gasteiger partial charge in [0.1, 0.15) is 9.77 Å². The van der Waals surface area contributed by atoms with Crippen LogP contribution in [0.15, 0.2) is 40.6 Å². The number of anilines is 1. The fourth-order valence-corrected chi connectivity index (χ4v) is 5.88. The average molecular weight is 422 g/mol. The molecule has 1 fully saturated rings. The molecule has 2 amide bonds. The molecule has 7 nitrogen and oxygen atoms in total. The summed E-state index contributed by atoms with van der Waals surface area (Å²) in [5, 5.41) is 7.02. The smallest absolute Gasteiger partial charge is 0.262 e. The number of thiophene rings is 1. The van der Waals surface area contributed by atoms with Crippen LogP contribution in [0.3, 0.4) is 0 Å². The van der Waals surface area contributed by atoms with Crippen LogP contribution in [0.1, 0.15) is 34.5 Å². The summed E-state index contributed by atoms with van der Waals surface area (Å²) in [4.78, 5) is 24.7. The van der Waals surface area contributed by atoms with Crippen molar-refractivity contribution in [2.75, 3.05) is 25.0 Å². The van der Waals surface area contributed by atoms with Gasteiger partial charge in [0.15, 0.2) is 0 Å². The molecule has 1 aliphatic rings. The van der Waals surface area contributed by atoms with Crippen molar-refractivity contribution < 1.29 is 18.0 Å². The van der Waals surface area contributed by atoms with E-state index >= 15 is 0 Å². The fourth-order valence-electron chi connectivity index (χ4n) is 3.05. The Morgan fingerprint density at radius 2 is 1.93 bits per heavy atom. The van der Waals surface area contributed by atoms with Crippen LogP contribution in [0.25, 0.3) is 0 Å². The molecule has 1 aromatic heterocycles. The molecule has 1 aromatic carbocycles. The molecule has 2 N–H and O–H groups in total. The first-order valence-corrected chi connectivity index (χ1v) is 11.4. The van der Waals surface area contributed by atoms with Crippen molar-refractivity contribution in [1.29, 1.82) is 0 Å². The lowest BCUT2D eigenvalue weighted by Crippen LogP contribution is -2.31. The number of carbonyl (C=O) groups is 2. The molecule has 0 aliphatic carbocycles. The van der Waals surface area contributed by atoms with Crippen molar-refractivity contribution in [3.63, 3.8) is 0 Å². The molecule has 28 heavy (non-hydrogen) atoms. The number of nitrogens with one attached hydrogen (secondary N) is 2. The van der Waals surface area contributed by atoms with Gasteiger partial charge in [0.25, 0.3) is 5.91 Å². The van der Waals surface area contributed by atoms with Gasteiger partial charge in [-0.15, -0.1) is 11.3 Å². The number of amides is 2. The van der Waals surface area contributed by atoms with Crippen molar-refractivity contribution in [3.05, 3.63) is 46.2 Å². The van der Waals surface area contributed by atoms with Crippen LogP contribution in [0, 0.1) is 6.92 Å². The normalized spacial score (nSPS) is 14.8. The van der Waals surface area contributed by atoms with Gasteiger partial charge in [-0.3, -0.25) is 9.59 Å². The second-order valence-corrected chi connectivity index (χ2v) is 9.47. The lowest BCUT2D eigenvalue weighted by atomic mass is 10.2. The molecular weight excluding hydrogens is 398 g/mol. The van der Waals surface area contributed by atoms with Gasteiger partial charge < -0.3 is 10.6 Å². The molecule has 0 radical (unpaired) electrons. The maximum atomic E-state index is 12.7. The SMILES string of the molecule is Cc1cccc(NC(=O)CCNC(=O)c2sccc2S(=O)(=O)N2CCCC2)c1. The van der Waals surface area contributed by atoms with Crippen molar-refractivity contribution in [2.45, 2.75) is 31.1 Å². The Morgan fingerprint density at radius 3 is 2.64 bits per heavy atom. The second-order valence-electron chi connectivity index (χ2n) is 6.65. The van der Waals surface area contributed by atoms with Crippen LogP contribution >= 0.6 is 11.3 Å². The van der Waals surface area contributed by atoms with E-state index in [9.17, 15) is 18.0 Å². The van der Waals surface area contributed by atoms with Gasteiger partial charge in [-0.25, -0.2) is 8.42 Å². The average Bonchev–Trinajstić information content (AvgIpc) is 3.34. The highest BCUT2D eigenvalue weighted by atomic mass is 32.2. The molecule has 1 saturated heterocycles. The highest BCUT2D eigenvalue weighted by molar-refractivity contribution is 7.89. The fraction of sp³-hybridized carbons (Fsp3) is 0.368. The summed E-state index contributed by atoms with van der Waals surface area (Å²) < 4.78 is 26.9. The predicted molar refractivity (Wildman–Crippen MR) is 109 cm³/mol. The number of carbonyl (C=O) groups excluding carboxylic acids is 2. The number of sulfonamides is 1. The highest BCUT2D eigenvalue weighted by Crippen LogP contribution is 2.27. The lowest BCUT2D eigenvalue weighted by Gasteiger charge is -2.15. The molecule has 2 aromatic rings. The Labute approximate surface area is 168 Å². The minimum Gasteiger partial charge on any atom is -0.351 e. The molecule has 2 heterocycles. The molecule has 3 rings (SSSR count). The molecule has 0 spiro atoms. The third-order valence-corrected chi connectivity index (χ3v) is 7.44. The molecule has 9 heteroatoms. The minimum atomic E-state index is -3.65. The maximum absolute atomic E-state index is 12.7. The van der Waals surface area contributed by atoms with Crippen LogP contribution in [0.5, 0.6) is 0 Å². The zero-order valence-electron chi connectivity index (χ0n) is 15.6. The summed E-state index contributed by atoms with van der Waals surface area (Å²) in [5.74, 6) is -0.696. The summed E-state index contributed by atoms with van der Waals surface area (Å²) >= 11 is 1.09. The van der Waals surface area contributed by atoms with Crippen molar-refractivity contribution in [1.82, 2.24) is 9.62 Å². The van der Waals surface area contributed by atoms with E-state index in [1.807, 2.05) is 25.1 Å². The van der Waals surface area contributed by atoms with E-state index in [1.54, 1.807) is 11.4 Å². The topological polar surface area (TPSA) is 95.6 Å². The van der Waals surface area contributed by atoms with E-state index in [0.717, 1.165) is 29.7 Å². The van der Waals surface area contributed by atoms with Gasteiger partial charge >= 0.3 is 0 Å². The maximum Gasteiger partial charge on any atom is 0.262 e. The molecule has 150 valence electrons. The molecular formula is C19H23N3O4S2. The van der Waals surface area contributed by atoms with Gasteiger partial charge in [0, 0.05) is 31.7 Å². The van der Waals surface area contributed by atoms with E-state index in [2.05, 4.69) is 10.6 Å². The van der Waals surface area contributed by atoms with Crippen LogP contribution in [0.4, 0.5) is 5.69 Å². The molecule has 0 bridgehead atoms. The van der Waals surface area contributed by atoms with Crippen molar-refractivity contribution in [3.8, 4) is 0 Å². The van der Waals surface area contributed by atoms with Crippen LogP contribution in [-0.2, 0) is 14.8 Å². The Morgan fingerprint density at radius 1 is 1.18 bits per heavy atom. The minimum absolute atomic E-state index is 0.0427. The molecule has 0 atom stereocenters. The zero-order valence-corrected chi connectivity index (χ0v) is 17.2. The largest absolute Gasteiger partial charge is 0.351 e. The monoisotopic (exact) mass is 421 g/mol. The molecule has 0 unspecified atom stereocenters. The van der Waals surface area contributed by atoms with Crippen LogP contribution in [0.2, 0.25) is 0 Å². The Balaban J connectivity index is 1.56. The summed E-state index contributed by atoms with van der Waals surface area (Å²) in [5.41, 5.74) is 1.74. The number of rotatable bonds is 7. The van der Waals surface area contributed by atoms with Gasteiger partial charge in [-0.1, -0.05) is 12.1 Å². The van der Waals surface area contributed by atoms with E-state index in [-0.39, 0.29) is 28.6 Å². The number of hydrogen-bond acceptors (Lipinski definition) is 5. The first-order chi connectivity index (χ1) is 13.4. The summed E-state index contributed by atoms with van der Waals surface area (Å²) in [6.07, 6.45) is 1.77. The Bertz CT molecular complexity index is 963. The summed E-state index contributed by atoms with van der Waals surface area (Å²) in [7, 11) is -3.65.